The van der Waals surface area contributed by atoms with E-state index in [9.17, 15) is 13.2 Å². The Bertz CT molecular complexity index is 682. The third kappa shape index (κ3) is 3.48. The summed E-state index contributed by atoms with van der Waals surface area (Å²) in [7, 11) is -3.44. The highest BCUT2D eigenvalue weighted by Gasteiger charge is 2.41. The molecule has 0 aromatic heterocycles. The smallest absolute Gasteiger partial charge is 0.243 e. The van der Waals surface area contributed by atoms with Gasteiger partial charge >= 0.3 is 0 Å². The third-order valence-corrected chi connectivity index (χ3v) is 6.96. The Balaban J connectivity index is 1.72. The number of hydrogen-bond acceptors (Lipinski definition) is 4. The van der Waals surface area contributed by atoms with E-state index in [1.54, 1.807) is 35.5 Å². The van der Waals surface area contributed by atoms with Crippen LogP contribution in [0.2, 0.25) is 0 Å². The number of piperidine rings is 1. The van der Waals surface area contributed by atoms with Crippen LogP contribution in [0.15, 0.2) is 35.2 Å². The van der Waals surface area contributed by atoms with Crippen molar-refractivity contribution in [2.24, 2.45) is 5.41 Å². The zero-order valence-corrected chi connectivity index (χ0v) is 14.8. The lowest BCUT2D eigenvalue weighted by molar-refractivity contribution is -0.130. The van der Waals surface area contributed by atoms with E-state index in [2.05, 4.69) is 0 Å². The minimum absolute atomic E-state index is 0.0548. The lowest BCUT2D eigenvalue weighted by atomic mass is 9.79. The Morgan fingerprint density at radius 2 is 1.79 bits per heavy atom. The van der Waals surface area contributed by atoms with E-state index in [1.165, 1.54) is 0 Å². The van der Waals surface area contributed by atoms with E-state index in [-0.39, 0.29) is 11.3 Å². The van der Waals surface area contributed by atoms with Gasteiger partial charge in [0, 0.05) is 38.5 Å². The minimum Gasteiger partial charge on any atom is -0.379 e. The second-order valence-corrected chi connectivity index (χ2v) is 8.65. The topological polar surface area (TPSA) is 66.9 Å². The van der Waals surface area contributed by atoms with Gasteiger partial charge in [-0.15, -0.1) is 0 Å². The van der Waals surface area contributed by atoms with Gasteiger partial charge < -0.3 is 9.64 Å². The molecule has 24 heavy (non-hydrogen) atoms. The average molecular weight is 352 g/mol. The van der Waals surface area contributed by atoms with Crippen molar-refractivity contribution >= 4 is 15.9 Å². The number of hydrogen-bond donors (Lipinski definition) is 0. The zero-order chi connectivity index (χ0) is 17.2. The van der Waals surface area contributed by atoms with Crippen molar-refractivity contribution in [3.8, 4) is 0 Å². The molecule has 2 aliphatic heterocycles. The first-order valence-corrected chi connectivity index (χ1v) is 9.75. The van der Waals surface area contributed by atoms with Crippen LogP contribution >= 0.6 is 0 Å². The maximum Gasteiger partial charge on any atom is 0.243 e. The fraction of sp³-hybridized carbons (Fsp3) is 0.588. The molecule has 2 fully saturated rings. The highest BCUT2D eigenvalue weighted by atomic mass is 32.2. The van der Waals surface area contributed by atoms with E-state index in [1.807, 2.05) is 11.0 Å². The summed E-state index contributed by atoms with van der Waals surface area (Å²) in [5, 5.41) is 0. The van der Waals surface area contributed by atoms with E-state index in [0.717, 1.165) is 0 Å². The fourth-order valence-corrected chi connectivity index (χ4v) is 4.97. The molecule has 7 heteroatoms. The summed E-state index contributed by atoms with van der Waals surface area (Å²) in [6.45, 7) is 4.92. The molecule has 1 aromatic carbocycles. The van der Waals surface area contributed by atoms with Gasteiger partial charge in [0.2, 0.25) is 15.9 Å². The van der Waals surface area contributed by atoms with Crippen LogP contribution in [0.4, 0.5) is 0 Å². The number of carbonyl (C=O) groups is 1. The summed E-state index contributed by atoms with van der Waals surface area (Å²) < 4.78 is 32.7. The molecule has 0 saturated carbocycles. The first kappa shape index (κ1) is 17.4. The van der Waals surface area contributed by atoms with Crippen LogP contribution in [0.25, 0.3) is 0 Å². The van der Waals surface area contributed by atoms with Crippen molar-refractivity contribution < 1.29 is 17.9 Å². The lowest BCUT2D eigenvalue weighted by Crippen LogP contribution is -2.49. The second kappa shape index (κ2) is 6.82. The van der Waals surface area contributed by atoms with Crippen molar-refractivity contribution in [3.63, 3.8) is 0 Å². The van der Waals surface area contributed by atoms with Gasteiger partial charge in [-0.1, -0.05) is 18.2 Å². The maximum atomic E-state index is 12.7. The summed E-state index contributed by atoms with van der Waals surface area (Å²) in [6.07, 6.45) is 1.42. The minimum atomic E-state index is -3.44. The van der Waals surface area contributed by atoms with Crippen molar-refractivity contribution in [1.82, 2.24) is 9.21 Å². The monoisotopic (exact) mass is 352 g/mol. The van der Waals surface area contributed by atoms with Gasteiger partial charge in [0.1, 0.15) is 0 Å². The Morgan fingerprint density at radius 1 is 1.12 bits per heavy atom. The van der Waals surface area contributed by atoms with Gasteiger partial charge in [-0.2, -0.15) is 4.31 Å². The Labute approximate surface area is 143 Å². The number of rotatable bonds is 2. The predicted octanol–water partition coefficient (Wildman–Crippen LogP) is 1.34. The molecule has 3 rings (SSSR count). The molecule has 0 bridgehead atoms. The quantitative estimate of drug-likeness (QED) is 0.805. The number of amides is 1. The summed E-state index contributed by atoms with van der Waals surface area (Å²) in [6, 6.07) is 8.55. The molecule has 0 atom stereocenters. The van der Waals surface area contributed by atoms with Crippen LogP contribution < -0.4 is 0 Å². The van der Waals surface area contributed by atoms with Crippen molar-refractivity contribution in [2.75, 3.05) is 39.4 Å². The van der Waals surface area contributed by atoms with Crippen LogP contribution in [0.3, 0.4) is 0 Å². The van der Waals surface area contributed by atoms with Crippen LogP contribution in [-0.4, -0.2) is 62.9 Å². The number of benzene rings is 1. The molecule has 2 heterocycles. The van der Waals surface area contributed by atoms with Gasteiger partial charge in [0.25, 0.3) is 0 Å². The number of nitrogens with zero attached hydrogens (tertiary/aromatic N) is 2. The molecule has 0 N–H and O–H groups in total. The average Bonchev–Trinajstić information content (AvgIpc) is 2.79. The zero-order valence-electron chi connectivity index (χ0n) is 14.0. The highest BCUT2D eigenvalue weighted by Crippen LogP contribution is 2.36. The van der Waals surface area contributed by atoms with E-state index in [4.69, 9.17) is 4.74 Å². The predicted molar refractivity (Wildman–Crippen MR) is 89.9 cm³/mol. The molecule has 1 spiro atoms. The molecular weight excluding hydrogens is 328 g/mol. The summed E-state index contributed by atoms with van der Waals surface area (Å²) in [4.78, 5) is 13.9. The number of sulfonamides is 1. The Kier molecular flexibility index (Phi) is 4.94. The largest absolute Gasteiger partial charge is 0.379 e. The molecule has 1 amide bonds. The third-order valence-electron chi connectivity index (χ3n) is 5.05. The fourth-order valence-electron chi connectivity index (χ4n) is 3.51. The van der Waals surface area contributed by atoms with Crippen LogP contribution in [0, 0.1) is 5.41 Å². The number of carbonyl (C=O) groups excluding carboxylic acids is 1. The summed E-state index contributed by atoms with van der Waals surface area (Å²) in [5.74, 6) is 0.0548. The molecule has 2 saturated heterocycles. The normalized spacial score (nSPS) is 22.3. The summed E-state index contributed by atoms with van der Waals surface area (Å²) in [5.41, 5.74) is -0.134. The highest BCUT2D eigenvalue weighted by molar-refractivity contribution is 7.89. The molecule has 0 radical (unpaired) electrons. The van der Waals surface area contributed by atoms with E-state index >= 15 is 0 Å². The first-order valence-electron chi connectivity index (χ1n) is 8.31. The molecule has 2 aliphatic rings. The van der Waals surface area contributed by atoms with Gasteiger partial charge in [-0.05, 0) is 25.0 Å². The molecule has 6 nitrogen and oxygen atoms in total. The lowest BCUT2D eigenvalue weighted by Gasteiger charge is -2.41. The van der Waals surface area contributed by atoms with E-state index < -0.39 is 10.0 Å². The van der Waals surface area contributed by atoms with Crippen LogP contribution in [0.5, 0.6) is 0 Å². The van der Waals surface area contributed by atoms with Crippen molar-refractivity contribution in [3.05, 3.63) is 30.3 Å². The first-order chi connectivity index (χ1) is 11.4. The van der Waals surface area contributed by atoms with Crippen LogP contribution in [0.1, 0.15) is 19.8 Å². The summed E-state index contributed by atoms with van der Waals surface area (Å²) >= 11 is 0. The van der Waals surface area contributed by atoms with Gasteiger partial charge in [-0.3, -0.25) is 4.79 Å². The number of ether oxygens (including phenoxy) is 1. The standard InChI is InChI=1S/C17H24N2O4S/c1-15(20)18-11-12-23-14-17(13-18)7-9-19(10-8-17)24(21,22)16-5-3-2-4-6-16/h2-6H,7-14H2,1H3. The SMILES string of the molecule is CC(=O)N1CCOCC2(CCN(S(=O)(=O)c3ccccc3)CC2)C1. The molecule has 1 aromatic rings. The van der Waals surface area contributed by atoms with E-state index in [0.29, 0.717) is 57.1 Å². The molecule has 0 unspecified atom stereocenters. The van der Waals surface area contributed by atoms with Gasteiger partial charge in [0.05, 0.1) is 18.1 Å². The molecule has 0 aliphatic carbocycles. The molecule has 132 valence electrons. The van der Waals surface area contributed by atoms with Gasteiger partial charge in [0.15, 0.2) is 0 Å². The second-order valence-electron chi connectivity index (χ2n) is 6.71. The molecular formula is C17H24N2O4S. The van der Waals surface area contributed by atoms with Crippen molar-refractivity contribution in [1.29, 1.82) is 0 Å². The van der Waals surface area contributed by atoms with Crippen LogP contribution in [-0.2, 0) is 19.6 Å². The van der Waals surface area contributed by atoms with Crippen molar-refractivity contribution in [2.45, 2.75) is 24.7 Å². The Morgan fingerprint density at radius 3 is 2.42 bits per heavy atom. The Hall–Kier alpha value is -1.44. The van der Waals surface area contributed by atoms with Gasteiger partial charge in [-0.25, -0.2) is 8.42 Å². The maximum absolute atomic E-state index is 12.7.